The van der Waals surface area contributed by atoms with Crippen LogP contribution in [0.4, 0.5) is 5.69 Å². The minimum absolute atomic E-state index is 0.253. The van der Waals surface area contributed by atoms with Crippen molar-refractivity contribution in [2.75, 3.05) is 11.4 Å². The fourth-order valence-electron chi connectivity index (χ4n) is 5.04. The number of hydrogen-bond acceptors (Lipinski definition) is 2. The van der Waals surface area contributed by atoms with Crippen LogP contribution in [0, 0.1) is 0 Å². The zero-order chi connectivity index (χ0) is 18.6. The Morgan fingerprint density at radius 3 is 2.15 bits per heavy atom. The lowest BCUT2D eigenvalue weighted by atomic mass is 9.94. The normalized spacial score (nSPS) is 24.7. The van der Waals surface area contributed by atoms with Crippen LogP contribution in [-0.4, -0.2) is 35.5 Å². The Balaban J connectivity index is 1.46. The molecule has 3 heteroatoms. The Bertz CT molecular complexity index is 731. The molecular weight excluding hydrogens is 332 g/mol. The van der Waals surface area contributed by atoms with Crippen molar-refractivity contribution in [2.45, 2.75) is 63.6 Å². The first-order valence-corrected chi connectivity index (χ1v) is 10.4. The summed E-state index contributed by atoms with van der Waals surface area (Å²) in [6, 6.07) is 22.6. The molecule has 27 heavy (non-hydrogen) atoms. The molecule has 4 rings (SSSR count). The molecule has 3 nitrogen and oxygen atoms in total. The van der Waals surface area contributed by atoms with Crippen molar-refractivity contribution >= 4 is 11.6 Å². The Kier molecular flexibility index (Phi) is 5.58. The predicted octanol–water partition coefficient (Wildman–Crippen LogP) is 4.67. The van der Waals surface area contributed by atoms with Gasteiger partial charge in [-0.1, -0.05) is 55.5 Å². The van der Waals surface area contributed by atoms with Crippen molar-refractivity contribution in [2.24, 2.45) is 0 Å². The fraction of sp³-hybridized carbons (Fsp3) is 0.458. The standard InChI is InChI=1S/C24H30N2O/c1-2-24(27)26(20-11-7-4-8-12-20)23-17-21-13-14-22(18-23)25(21)16-15-19-9-5-3-6-10-19/h3-12,21-23H,2,13-18H2,1H3/t21-,22+,23?. The van der Waals surface area contributed by atoms with Crippen LogP contribution < -0.4 is 4.90 Å². The van der Waals surface area contributed by atoms with E-state index < -0.39 is 0 Å². The topological polar surface area (TPSA) is 23.6 Å². The molecule has 0 saturated carbocycles. The number of carbonyl (C=O) groups is 1. The Morgan fingerprint density at radius 1 is 0.963 bits per heavy atom. The number of benzene rings is 2. The maximum atomic E-state index is 12.8. The lowest BCUT2D eigenvalue weighted by Crippen LogP contribution is -2.52. The van der Waals surface area contributed by atoms with Gasteiger partial charge in [-0.25, -0.2) is 0 Å². The second-order valence-electron chi connectivity index (χ2n) is 7.94. The summed E-state index contributed by atoms with van der Waals surface area (Å²) in [6.45, 7) is 3.11. The van der Waals surface area contributed by atoms with Crippen LogP contribution in [-0.2, 0) is 11.2 Å². The van der Waals surface area contributed by atoms with Gasteiger partial charge in [-0.3, -0.25) is 9.69 Å². The molecule has 142 valence electrons. The van der Waals surface area contributed by atoms with Crippen molar-refractivity contribution in [3.8, 4) is 0 Å². The summed E-state index contributed by atoms with van der Waals surface area (Å²) in [4.78, 5) is 17.6. The van der Waals surface area contributed by atoms with Crippen molar-refractivity contribution in [1.29, 1.82) is 0 Å². The first-order valence-electron chi connectivity index (χ1n) is 10.4. The molecule has 2 saturated heterocycles. The smallest absolute Gasteiger partial charge is 0.226 e. The van der Waals surface area contributed by atoms with Crippen LogP contribution in [0.1, 0.15) is 44.6 Å². The van der Waals surface area contributed by atoms with Gasteiger partial charge in [0.2, 0.25) is 5.91 Å². The van der Waals surface area contributed by atoms with Gasteiger partial charge in [0.05, 0.1) is 0 Å². The molecule has 2 bridgehead atoms. The lowest BCUT2D eigenvalue weighted by molar-refractivity contribution is -0.119. The summed E-state index contributed by atoms with van der Waals surface area (Å²) in [5, 5.41) is 0. The monoisotopic (exact) mass is 362 g/mol. The average molecular weight is 363 g/mol. The van der Waals surface area contributed by atoms with E-state index in [4.69, 9.17) is 0 Å². The molecule has 2 heterocycles. The van der Waals surface area contributed by atoms with Crippen molar-refractivity contribution < 1.29 is 4.79 Å². The van der Waals surface area contributed by atoms with Gasteiger partial charge in [-0.05, 0) is 49.8 Å². The van der Waals surface area contributed by atoms with Crippen LogP contribution in [0.15, 0.2) is 60.7 Å². The summed E-state index contributed by atoms with van der Waals surface area (Å²) < 4.78 is 0. The number of rotatable bonds is 6. The molecule has 0 radical (unpaired) electrons. The molecule has 1 unspecified atom stereocenters. The van der Waals surface area contributed by atoms with Crippen LogP contribution in [0.5, 0.6) is 0 Å². The van der Waals surface area contributed by atoms with Gasteiger partial charge < -0.3 is 4.90 Å². The second kappa shape index (κ2) is 8.26. The number of hydrogen-bond donors (Lipinski definition) is 0. The number of fused-ring (bicyclic) bond motifs is 2. The maximum absolute atomic E-state index is 12.8. The minimum Gasteiger partial charge on any atom is -0.309 e. The van der Waals surface area contributed by atoms with E-state index in [-0.39, 0.29) is 5.91 Å². The van der Waals surface area contributed by atoms with E-state index in [0.717, 1.165) is 31.5 Å². The van der Waals surface area contributed by atoms with Gasteiger partial charge in [0.15, 0.2) is 0 Å². The minimum atomic E-state index is 0.253. The summed E-state index contributed by atoms with van der Waals surface area (Å²) in [5.41, 5.74) is 2.48. The molecule has 2 aromatic carbocycles. The molecule has 2 aliphatic heterocycles. The van der Waals surface area contributed by atoms with E-state index in [9.17, 15) is 4.79 Å². The van der Waals surface area contributed by atoms with E-state index in [1.54, 1.807) is 0 Å². The highest BCUT2D eigenvalue weighted by atomic mass is 16.2. The molecular formula is C24H30N2O. The van der Waals surface area contributed by atoms with Crippen LogP contribution in [0.25, 0.3) is 0 Å². The highest BCUT2D eigenvalue weighted by Gasteiger charge is 2.43. The van der Waals surface area contributed by atoms with Crippen LogP contribution in [0.3, 0.4) is 0 Å². The number of piperidine rings is 1. The number of carbonyl (C=O) groups excluding carboxylic acids is 1. The van der Waals surface area contributed by atoms with E-state index >= 15 is 0 Å². The lowest BCUT2D eigenvalue weighted by Gasteiger charge is -2.43. The molecule has 2 aliphatic rings. The number of para-hydroxylation sites is 1. The summed E-state index contributed by atoms with van der Waals surface area (Å²) in [6.07, 6.45) is 6.45. The van der Waals surface area contributed by atoms with Crippen molar-refractivity contribution in [3.05, 3.63) is 66.2 Å². The fourth-order valence-corrected chi connectivity index (χ4v) is 5.04. The average Bonchev–Trinajstić information content (AvgIpc) is 2.95. The molecule has 0 spiro atoms. The van der Waals surface area contributed by atoms with E-state index in [0.29, 0.717) is 24.5 Å². The third kappa shape index (κ3) is 3.93. The molecule has 2 aromatic rings. The van der Waals surface area contributed by atoms with Gasteiger partial charge in [-0.2, -0.15) is 0 Å². The van der Waals surface area contributed by atoms with Gasteiger partial charge in [0.1, 0.15) is 0 Å². The van der Waals surface area contributed by atoms with Crippen molar-refractivity contribution in [1.82, 2.24) is 4.90 Å². The third-order valence-electron chi connectivity index (χ3n) is 6.33. The van der Waals surface area contributed by atoms with Crippen LogP contribution in [0.2, 0.25) is 0 Å². The summed E-state index contributed by atoms with van der Waals surface area (Å²) in [5.74, 6) is 0.253. The Labute approximate surface area is 163 Å². The SMILES string of the molecule is CCC(=O)N(c1ccccc1)C1C[C@H]2CC[C@@H](C1)N2CCc1ccccc1. The van der Waals surface area contributed by atoms with E-state index in [1.807, 2.05) is 25.1 Å². The largest absolute Gasteiger partial charge is 0.309 e. The van der Waals surface area contributed by atoms with Gasteiger partial charge >= 0.3 is 0 Å². The molecule has 0 aliphatic carbocycles. The number of anilines is 1. The Hall–Kier alpha value is -2.13. The molecule has 0 aromatic heterocycles. The second-order valence-corrected chi connectivity index (χ2v) is 7.94. The van der Waals surface area contributed by atoms with Crippen molar-refractivity contribution in [3.63, 3.8) is 0 Å². The predicted molar refractivity (Wildman–Crippen MR) is 111 cm³/mol. The number of amides is 1. The zero-order valence-corrected chi connectivity index (χ0v) is 16.3. The van der Waals surface area contributed by atoms with Gasteiger partial charge in [0.25, 0.3) is 0 Å². The van der Waals surface area contributed by atoms with Crippen LogP contribution >= 0.6 is 0 Å². The first-order chi connectivity index (χ1) is 13.3. The highest BCUT2D eigenvalue weighted by molar-refractivity contribution is 5.93. The van der Waals surface area contributed by atoms with E-state index in [1.165, 1.54) is 18.4 Å². The number of nitrogens with zero attached hydrogens (tertiary/aromatic N) is 2. The van der Waals surface area contributed by atoms with E-state index in [2.05, 4.69) is 52.3 Å². The maximum Gasteiger partial charge on any atom is 0.226 e. The first kappa shape index (κ1) is 18.2. The highest BCUT2D eigenvalue weighted by Crippen LogP contribution is 2.39. The third-order valence-corrected chi connectivity index (χ3v) is 6.33. The van der Waals surface area contributed by atoms with Gasteiger partial charge in [-0.15, -0.1) is 0 Å². The molecule has 3 atom stereocenters. The molecule has 2 fully saturated rings. The zero-order valence-electron chi connectivity index (χ0n) is 16.3. The summed E-state index contributed by atoms with van der Waals surface area (Å²) >= 11 is 0. The quantitative estimate of drug-likeness (QED) is 0.746. The molecule has 0 N–H and O–H groups in total. The molecule has 1 amide bonds. The summed E-state index contributed by atoms with van der Waals surface area (Å²) in [7, 11) is 0. The van der Waals surface area contributed by atoms with Gasteiger partial charge in [0, 0.05) is 36.8 Å². The Morgan fingerprint density at radius 2 is 1.56 bits per heavy atom.